The number of ether oxygens (including phenoxy) is 3. The van der Waals surface area contributed by atoms with Gasteiger partial charge in [-0.1, -0.05) is 264 Å². The molecule has 0 aliphatic heterocycles. The van der Waals surface area contributed by atoms with Crippen LogP contribution >= 0.6 is 0 Å². The first-order chi connectivity index (χ1) is 38.0. The Kier molecular flexibility index (Phi) is 60.4. The first-order valence-corrected chi connectivity index (χ1v) is 31.7. The Morgan fingerprint density at radius 3 is 0.896 bits per heavy atom. The molecule has 436 valence electrons. The second kappa shape index (κ2) is 64.1. The molecule has 1 atom stereocenters. The number of rotatable bonds is 56. The summed E-state index contributed by atoms with van der Waals surface area (Å²) < 4.78 is 16.8. The monoisotopic (exact) mass is 1060 g/mol. The summed E-state index contributed by atoms with van der Waals surface area (Å²) in [7, 11) is 0. The Balaban J connectivity index is 4.41. The van der Waals surface area contributed by atoms with Crippen molar-refractivity contribution in [3.63, 3.8) is 0 Å². The average molecular weight is 1070 g/mol. The maximum atomic E-state index is 12.9. The van der Waals surface area contributed by atoms with E-state index in [2.05, 4.69) is 154 Å². The summed E-state index contributed by atoms with van der Waals surface area (Å²) in [6, 6.07) is 0. The van der Waals surface area contributed by atoms with Crippen molar-refractivity contribution in [2.75, 3.05) is 13.2 Å². The minimum atomic E-state index is -0.810. The van der Waals surface area contributed by atoms with Crippen LogP contribution in [0.25, 0.3) is 0 Å². The Hall–Kier alpha value is -4.45. The molecule has 6 heteroatoms. The van der Waals surface area contributed by atoms with E-state index in [1.807, 2.05) is 0 Å². The van der Waals surface area contributed by atoms with Gasteiger partial charge in [-0.3, -0.25) is 14.4 Å². The highest BCUT2D eigenvalue weighted by Crippen LogP contribution is 2.15. The van der Waals surface area contributed by atoms with Crippen LogP contribution in [0.1, 0.15) is 278 Å². The maximum absolute atomic E-state index is 12.9. The molecule has 0 bridgehead atoms. The van der Waals surface area contributed by atoms with Crippen molar-refractivity contribution in [2.24, 2.45) is 0 Å². The van der Waals surface area contributed by atoms with Crippen molar-refractivity contribution in [1.82, 2.24) is 0 Å². The Morgan fingerprint density at radius 1 is 0.273 bits per heavy atom. The van der Waals surface area contributed by atoms with Crippen LogP contribution in [0.4, 0.5) is 0 Å². The normalized spacial score (nSPS) is 13.0. The summed E-state index contributed by atoms with van der Waals surface area (Å²) >= 11 is 0. The zero-order valence-electron chi connectivity index (χ0n) is 49.9. The van der Waals surface area contributed by atoms with Crippen LogP contribution in [0, 0.1) is 0 Å². The molecule has 0 rings (SSSR count). The lowest BCUT2D eigenvalue weighted by Gasteiger charge is -2.18. The Bertz CT molecular complexity index is 1650. The van der Waals surface area contributed by atoms with Gasteiger partial charge in [-0.25, -0.2) is 0 Å². The number of unbranched alkanes of at least 4 members (excludes halogenated alkanes) is 23. The predicted molar refractivity (Wildman–Crippen MR) is 334 cm³/mol. The van der Waals surface area contributed by atoms with Crippen LogP contribution in [0.5, 0.6) is 0 Å². The molecule has 0 aliphatic carbocycles. The van der Waals surface area contributed by atoms with Crippen LogP contribution in [-0.2, 0) is 28.6 Å². The van der Waals surface area contributed by atoms with Gasteiger partial charge in [0.1, 0.15) is 13.2 Å². The lowest BCUT2D eigenvalue weighted by molar-refractivity contribution is -0.167. The highest BCUT2D eigenvalue weighted by atomic mass is 16.6. The third-order valence-electron chi connectivity index (χ3n) is 13.1. The van der Waals surface area contributed by atoms with Crippen molar-refractivity contribution >= 4 is 17.9 Å². The molecule has 0 saturated heterocycles. The van der Waals surface area contributed by atoms with Crippen molar-refractivity contribution in [3.8, 4) is 0 Å². The summed E-state index contributed by atoms with van der Waals surface area (Å²) in [6.45, 7) is 6.43. The minimum absolute atomic E-state index is 0.104. The molecule has 0 heterocycles. The van der Waals surface area contributed by atoms with Crippen molar-refractivity contribution in [3.05, 3.63) is 134 Å². The fraction of sp³-hybridized carbons (Fsp3) is 0.648. The van der Waals surface area contributed by atoms with Crippen LogP contribution in [0.3, 0.4) is 0 Å². The Labute approximate surface area is 475 Å². The molecule has 1 unspecified atom stereocenters. The summed E-state index contributed by atoms with van der Waals surface area (Å²) in [5, 5.41) is 0. The summed E-state index contributed by atoms with van der Waals surface area (Å²) in [4.78, 5) is 38.2. The fourth-order valence-electron chi connectivity index (χ4n) is 8.36. The van der Waals surface area contributed by atoms with Gasteiger partial charge in [0.15, 0.2) is 6.10 Å². The summed E-state index contributed by atoms with van der Waals surface area (Å²) in [5.41, 5.74) is 0. The van der Waals surface area contributed by atoms with E-state index >= 15 is 0 Å². The number of allylic oxidation sites excluding steroid dienone is 22. The lowest BCUT2D eigenvalue weighted by atomic mass is 10.1. The standard InChI is InChI=1S/C71H116O6/c1-4-7-10-13-16-19-22-24-26-28-30-31-32-33-34-35-36-37-38-39-41-42-44-46-49-52-55-58-61-64-70(73)76-67-68(66-75-69(72)63-60-57-54-51-48-21-18-15-12-9-6-3)77-71(74)65-62-59-56-53-50-47-45-43-40-29-27-25-23-20-17-14-11-8-5-2/h7,10,15-16,18-19,24-27,30-31,33-34,36-37,39,41,44,46,52,55,68H,4-6,8-9,11-14,17,20-23,28-29,32,35,38,40,42-43,45,47-51,53-54,56-67H2,1-3H3/b10-7-,18-15-,19-16-,26-24-,27-25-,31-30-,34-33-,37-36-,41-39-,46-44-,55-52-. The second-order valence-corrected chi connectivity index (χ2v) is 20.6. The van der Waals surface area contributed by atoms with Crippen LogP contribution in [-0.4, -0.2) is 37.2 Å². The third-order valence-corrected chi connectivity index (χ3v) is 13.1. The molecule has 0 aromatic heterocycles. The van der Waals surface area contributed by atoms with E-state index in [-0.39, 0.29) is 37.5 Å². The van der Waals surface area contributed by atoms with Crippen molar-refractivity contribution in [1.29, 1.82) is 0 Å². The van der Waals surface area contributed by atoms with Gasteiger partial charge in [0.2, 0.25) is 0 Å². The zero-order chi connectivity index (χ0) is 55.7. The van der Waals surface area contributed by atoms with Crippen LogP contribution in [0.15, 0.2) is 134 Å². The predicted octanol–water partition coefficient (Wildman–Crippen LogP) is 21.8. The second-order valence-electron chi connectivity index (χ2n) is 20.6. The van der Waals surface area contributed by atoms with Gasteiger partial charge in [0.25, 0.3) is 0 Å². The molecular weight excluding hydrogens is 949 g/mol. The summed E-state index contributed by atoms with van der Waals surface area (Å²) in [6.07, 6.45) is 90.4. The highest BCUT2D eigenvalue weighted by molar-refractivity contribution is 5.71. The van der Waals surface area contributed by atoms with Gasteiger partial charge >= 0.3 is 17.9 Å². The largest absolute Gasteiger partial charge is 0.462 e. The highest BCUT2D eigenvalue weighted by Gasteiger charge is 2.19. The SMILES string of the molecule is CC/C=C\C/C=C\C/C=C\C/C=C\C/C=C\C/C=C\C/C=C\C/C=C\C/C=C\CCCC(=O)OCC(COC(=O)CCCCCCC/C=C\CCCC)OC(=O)CCCCCCCCCCC/C=C\CCCCCCCC. The number of hydrogen-bond donors (Lipinski definition) is 0. The third kappa shape index (κ3) is 62.3. The van der Waals surface area contributed by atoms with E-state index in [4.69, 9.17) is 14.2 Å². The minimum Gasteiger partial charge on any atom is -0.462 e. The molecule has 0 spiro atoms. The van der Waals surface area contributed by atoms with E-state index in [1.165, 1.54) is 116 Å². The molecule has 0 fully saturated rings. The molecule has 0 aromatic carbocycles. The Morgan fingerprint density at radius 2 is 0.532 bits per heavy atom. The van der Waals surface area contributed by atoms with E-state index in [0.717, 1.165) is 116 Å². The maximum Gasteiger partial charge on any atom is 0.306 e. The first-order valence-electron chi connectivity index (χ1n) is 31.7. The molecule has 6 nitrogen and oxygen atoms in total. The van der Waals surface area contributed by atoms with Gasteiger partial charge in [-0.15, -0.1) is 0 Å². The van der Waals surface area contributed by atoms with E-state index in [0.29, 0.717) is 19.3 Å². The smallest absolute Gasteiger partial charge is 0.306 e. The average Bonchev–Trinajstić information content (AvgIpc) is 3.43. The van der Waals surface area contributed by atoms with Crippen molar-refractivity contribution in [2.45, 2.75) is 284 Å². The van der Waals surface area contributed by atoms with Crippen LogP contribution < -0.4 is 0 Å². The molecule has 0 aliphatic rings. The van der Waals surface area contributed by atoms with E-state index in [1.54, 1.807) is 0 Å². The van der Waals surface area contributed by atoms with Crippen LogP contribution in [0.2, 0.25) is 0 Å². The van der Waals surface area contributed by atoms with E-state index in [9.17, 15) is 14.4 Å². The molecule has 0 aromatic rings. The van der Waals surface area contributed by atoms with Gasteiger partial charge in [0.05, 0.1) is 0 Å². The first kappa shape index (κ1) is 72.5. The fourth-order valence-corrected chi connectivity index (χ4v) is 8.36. The molecule has 0 amide bonds. The quantitative estimate of drug-likeness (QED) is 0.0261. The van der Waals surface area contributed by atoms with Gasteiger partial charge < -0.3 is 14.2 Å². The summed E-state index contributed by atoms with van der Waals surface area (Å²) in [5.74, 6) is -0.977. The molecule has 0 saturated carbocycles. The molecule has 0 radical (unpaired) electrons. The van der Waals surface area contributed by atoms with Gasteiger partial charge in [-0.05, 0) is 128 Å². The van der Waals surface area contributed by atoms with Gasteiger partial charge in [-0.2, -0.15) is 0 Å². The lowest BCUT2D eigenvalue weighted by Crippen LogP contribution is -2.30. The van der Waals surface area contributed by atoms with E-state index < -0.39 is 6.10 Å². The number of esters is 3. The number of hydrogen-bond acceptors (Lipinski definition) is 6. The topological polar surface area (TPSA) is 78.9 Å². The van der Waals surface area contributed by atoms with Crippen molar-refractivity contribution < 1.29 is 28.6 Å². The molecular formula is C71H116O6. The number of carbonyl (C=O) groups excluding carboxylic acids is 3. The molecule has 77 heavy (non-hydrogen) atoms. The number of carbonyl (C=O) groups is 3. The zero-order valence-corrected chi connectivity index (χ0v) is 49.9. The molecule has 0 N–H and O–H groups in total. The van der Waals surface area contributed by atoms with Gasteiger partial charge in [0, 0.05) is 19.3 Å².